The molecule has 9 nitrogen and oxygen atoms in total. The summed E-state index contributed by atoms with van der Waals surface area (Å²) in [7, 11) is 1.75. The molecule has 1 aromatic carbocycles. The number of Topliss-reactive ketones (excluding diaryl/α,β-unsaturated/α-hetero) is 1. The summed E-state index contributed by atoms with van der Waals surface area (Å²) in [6.45, 7) is 1.94. The fourth-order valence-corrected chi connectivity index (χ4v) is 5.10. The summed E-state index contributed by atoms with van der Waals surface area (Å²) in [5.74, 6) is 0.154. The summed E-state index contributed by atoms with van der Waals surface area (Å²) >= 11 is 2.68. The van der Waals surface area contributed by atoms with Crippen LogP contribution in [0.4, 0.5) is 15.6 Å². The van der Waals surface area contributed by atoms with Gasteiger partial charge >= 0.3 is 6.03 Å². The van der Waals surface area contributed by atoms with E-state index in [0.29, 0.717) is 21.5 Å². The van der Waals surface area contributed by atoms with Gasteiger partial charge in [-0.05, 0) is 54.1 Å². The number of rotatable bonds is 6. The highest BCUT2D eigenvalue weighted by Gasteiger charge is 2.26. The number of nitrogens with zero attached hydrogens (tertiary/aromatic N) is 5. The lowest BCUT2D eigenvalue weighted by Gasteiger charge is -2.14. The van der Waals surface area contributed by atoms with Gasteiger partial charge in [-0.25, -0.2) is 14.5 Å². The minimum absolute atomic E-state index is 0.0454. The third-order valence-corrected chi connectivity index (χ3v) is 6.94. The standard InChI is InChI=1S/C19H21N7O2S2/c1-11-7-8-14(13(9-11)16(27)12-5-3-4-6-12)21-17(28)22-18-20-10-15(29-18)30-19-23-24-25-26(19)2/h7-10,12H,3-6H2,1-2H3,(H2,20,21,22,28). The first-order chi connectivity index (χ1) is 14.5. The molecular weight excluding hydrogens is 422 g/mol. The molecule has 4 rings (SSSR count). The van der Waals surface area contributed by atoms with Crippen molar-refractivity contribution in [3.05, 3.63) is 35.5 Å². The van der Waals surface area contributed by atoms with Crippen molar-refractivity contribution in [3.8, 4) is 0 Å². The molecular formula is C19H21N7O2S2. The maximum absolute atomic E-state index is 12.9. The van der Waals surface area contributed by atoms with E-state index in [2.05, 4.69) is 31.1 Å². The summed E-state index contributed by atoms with van der Waals surface area (Å²) in [5.41, 5.74) is 2.08. The number of tetrazole rings is 1. The molecule has 2 heterocycles. The molecule has 0 saturated heterocycles. The third-order valence-electron chi connectivity index (χ3n) is 4.89. The fourth-order valence-electron chi connectivity index (χ4n) is 3.39. The normalized spacial score (nSPS) is 14.1. The molecule has 156 valence electrons. The van der Waals surface area contributed by atoms with Crippen LogP contribution in [0, 0.1) is 12.8 Å². The Kier molecular flexibility index (Phi) is 6.09. The zero-order chi connectivity index (χ0) is 21.1. The van der Waals surface area contributed by atoms with Crippen LogP contribution in [0.1, 0.15) is 41.6 Å². The number of carbonyl (C=O) groups excluding carboxylic acids is 2. The van der Waals surface area contributed by atoms with Crippen LogP contribution in [-0.4, -0.2) is 37.0 Å². The second-order valence-electron chi connectivity index (χ2n) is 7.15. The Balaban J connectivity index is 1.43. The van der Waals surface area contributed by atoms with E-state index in [1.165, 1.54) is 23.1 Å². The Morgan fingerprint density at radius 2 is 2.03 bits per heavy atom. The highest BCUT2D eigenvalue weighted by Crippen LogP contribution is 2.33. The predicted octanol–water partition coefficient (Wildman–Crippen LogP) is 4.14. The summed E-state index contributed by atoms with van der Waals surface area (Å²) in [6, 6.07) is 5.07. The Bertz CT molecular complexity index is 1070. The summed E-state index contributed by atoms with van der Waals surface area (Å²) in [4.78, 5) is 29.7. The highest BCUT2D eigenvalue weighted by molar-refractivity contribution is 8.01. The minimum atomic E-state index is -0.439. The molecule has 1 aliphatic carbocycles. The number of aromatic nitrogens is 5. The van der Waals surface area contributed by atoms with Crippen molar-refractivity contribution in [3.63, 3.8) is 0 Å². The molecule has 0 bridgehead atoms. The van der Waals surface area contributed by atoms with E-state index in [0.717, 1.165) is 35.5 Å². The van der Waals surface area contributed by atoms with Crippen LogP contribution >= 0.6 is 23.1 Å². The van der Waals surface area contributed by atoms with Crippen LogP contribution in [-0.2, 0) is 7.05 Å². The van der Waals surface area contributed by atoms with Gasteiger partial charge in [-0.15, -0.1) is 5.10 Å². The van der Waals surface area contributed by atoms with Crippen LogP contribution in [0.2, 0.25) is 0 Å². The molecule has 1 fully saturated rings. The first kappa shape index (κ1) is 20.5. The average Bonchev–Trinajstić information content (AvgIpc) is 3.47. The number of nitrogens with one attached hydrogen (secondary N) is 2. The number of ketones is 1. The van der Waals surface area contributed by atoms with Crippen LogP contribution in [0.25, 0.3) is 0 Å². The molecule has 0 radical (unpaired) electrons. The lowest BCUT2D eigenvalue weighted by Crippen LogP contribution is -2.22. The molecule has 11 heteroatoms. The van der Waals surface area contributed by atoms with E-state index in [9.17, 15) is 9.59 Å². The highest BCUT2D eigenvalue weighted by atomic mass is 32.2. The van der Waals surface area contributed by atoms with Gasteiger partial charge in [0.15, 0.2) is 10.9 Å². The van der Waals surface area contributed by atoms with E-state index >= 15 is 0 Å². The van der Waals surface area contributed by atoms with Crippen LogP contribution in [0.15, 0.2) is 33.8 Å². The van der Waals surface area contributed by atoms with Gasteiger partial charge in [0.2, 0.25) is 5.16 Å². The molecule has 1 aliphatic rings. The predicted molar refractivity (Wildman–Crippen MR) is 115 cm³/mol. The maximum Gasteiger partial charge on any atom is 0.325 e. The number of carbonyl (C=O) groups is 2. The summed E-state index contributed by atoms with van der Waals surface area (Å²) in [6.07, 6.45) is 5.65. The van der Waals surface area contributed by atoms with Crippen molar-refractivity contribution >= 4 is 45.7 Å². The molecule has 1 saturated carbocycles. The van der Waals surface area contributed by atoms with E-state index in [4.69, 9.17) is 0 Å². The molecule has 30 heavy (non-hydrogen) atoms. The van der Waals surface area contributed by atoms with Gasteiger partial charge in [-0.2, -0.15) is 0 Å². The van der Waals surface area contributed by atoms with Crippen molar-refractivity contribution in [2.75, 3.05) is 10.6 Å². The molecule has 0 spiro atoms. The average molecular weight is 444 g/mol. The van der Waals surface area contributed by atoms with Crippen molar-refractivity contribution in [2.24, 2.45) is 13.0 Å². The molecule has 0 atom stereocenters. The van der Waals surface area contributed by atoms with Gasteiger partial charge in [-0.1, -0.05) is 35.8 Å². The fraction of sp³-hybridized carbons (Fsp3) is 0.368. The zero-order valence-electron chi connectivity index (χ0n) is 16.6. The molecule has 2 N–H and O–H groups in total. The Hall–Kier alpha value is -2.79. The monoisotopic (exact) mass is 443 g/mol. The van der Waals surface area contributed by atoms with Gasteiger partial charge in [0, 0.05) is 18.5 Å². The second kappa shape index (κ2) is 8.92. The van der Waals surface area contributed by atoms with Crippen LogP contribution < -0.4 is 10.6 Å². The lowest BCUT2D eigenvalue weighted by molar-refractivity contribution is 0.0923. The van der Waals surface area contributed by atoms with Crippen molar-refractivity contribution in [1.82, 2.24) is 25.2 Å². The number of hydrogen-bond acceptors (Lipinski definition) is 8. The third kappa shape index (κ3) is 4.68. The first-order valence-corrected chi connectivity index (χ1v) is 11.2. The molecule has 2 aromatic heterocycles. The van der Waals surface area contributed by atoms with Crippen LogP contribution in [0.3, 0.4) is 0 Å². The van der Waals surface area contributed by atoms with Gasteiger partial charge in [-0.3, -0.25) is 10.1 Å². The lowest BCUT2D eigenvalue weighted by atomic mass is 9.94. The number of benzene rings is 1. The largest absolute Gasteiger partial charge is 0.325 e. The molecule has 2 amide bonds. The van der Waals surface area contributed by atoms with Gasteiger partial charge in [0.05, 0.1) is 16.1 Å². The summed E-state index contributed by atoms with van der Waals surface area (Å²) in [5, 5.41) is 17.9. The van der Waals surface area contributed by atoms with Crippen molar-refractivity contribution in [1.29, 1.82) is 0 Å². The zero-order valence-corrected chi connectivity index (χ0v) is 18.2. The maximum atomic E-state index is 12.9. The van der Waals surface area contributed by atoms with E-state index in [1.54, 1.807) is 24.0 Å². The Morgan fingerprint density at radius 3 is 2.77 bits per heavy atom. The number of aryl methyl sites for hydroxylation is 2. The second-order valence-corrected chi connectivity index (χ2v) is 9.44. The van der Waals surface area contributed by atoms with Gasteiger partial charge in [0.1, 0.15) is 0 Å². The number of hydrogen-bond donors (Lipinski definition) is 2. The topological polar surface area (TPSA) is 115 Å². The Labute approximate surface area is 181 Å². The van der Waals surface area contributed by atoms with Crippen molar-refractivity contribution in [2.45, 2.75) is 42.0 Å². The number of amides is 2. The molecule has 0 aliphatic heterocycles. The number of urea groups is 1. The van der Waals surface area contributed by atoms with Crippen LogP contribution in [0.5, 0.6) is 0 Å². The van der Waals surface area contributed by atoms with Crippen molar-refractivity contribution < 1.29 is 9.59 Å². The molecule has 0 unspecified atom stereocenters. The minimum Gasteiger partial charge on any atom is -0.307 e. The number of anilines is 2. The van der Waals surface area contributed by atoms with E-state index in [-0.39, 0.29) is 11.7 Å². The SMILES string of the molecule is Cc1ccc(NC(=O)Nc2ncc(Sc3nnnn3C)s2)c(C(=O)C2CCCC2)c1. The van der Waals surface area contributed by atoms with Gasteiger partial charge < -0.3 is 5.32 Å². The quantitative estimate of drug-likeness (QED) is 0.550. The van der Waals surface area contributed by atoms with Gasteiger partial charge in [0.25, 0.3) is 0 Å². The molecule has 3 aromatic rings. The summed E-state index contributed by atoms with van der Waals surface area (Å²) < 4.78 is 2.40. The van der Waals surface area contributed by atoms with E-state index in [1.807, 2.05) is 19.1 Å². The Morgan fingerprint density at radius 1 is 1.23 bits per heavy atom. The number of thiazole rings is 1. The smallest absolute Gasteiger partial charge is 0.307 e. The first-order valence-electron chi connectivity index (χ1n) is 9.58. The van der Waals surface area contributed by atoms with E-state index < -0.39 is 6.03 Å².